The molecule has 0 radical (unpaired) electrons. The number of carbonyl (C=O) groups is 1. The average Bonchev–Trinajstić information content (AvgIpc) is 3.56. The Morgan fingerprint density at radius 3 is 2.52 bits per heavy atom. The van der Waals surface area contributed by atoms with Gasteiger partial charge in [-0.25, -0.2) is 4.68 Å². The molecule has 162 valence electrons. The lowest BCUT2D eigenvalue weighted by molar-refractivity contribution is 0.102. The summed E-state index contributed by atoms with van der Waals surface area (Å²) in [6.07, 6.45) is 1.74. The van der Waals surface area contributed by atoms with Gasteiger partial charge in [0.2, 0.25) is 0 Å². The van der Waals surface area contributed by atoms with Crippen LogP contribution in [0.3, 0.4) is 0 Å². The summed E-state index contributed by atoms with van der Waals surface area (Å²) in [6, 6.07) is 24.7. The summed E-state index contributed by atoms with van der Waals surface area (Å²) in [5.74, 6) is 0.443. The van der Waals surface area contributed by atoms with Gasteiger partial charge in [-0.2, -0.15) is 5.10 Å². The van der Waals surface area contributed by atoms with Gasteiger partial charge in [0.15, 0.2) is 0 Å². The van der Waals surface area contributed by atoms with Crippen molar-refractivity contribution in [3.8, 4) is 34.0 Å². The van der Waals surface area contributed by atoms with Crippen molar-refractivity contribution in [1.82, 2.24) is 19.4 Å². The predicted octanol–water partition coefficient (Wildman–Crippen LogP) is 5.32. The minimum atomic E-state index is -0.252. The number of carbonyl (C=O) groups excluding carboxylic acids is 1. The number of amides is 1. The molecule has 0 aliphatic heterocycles. The smallest absolute Gasteiger partial charge is 0.259 e. The molecule has 33 heavy (non-hydrogen) atoms. The van der Waals surface area contributed by atoms with Crippen molar-refractivity contribution in [1.29, 1.82) is 0 Å². The Morgan fingerprint density at radius 2 is 1.79 bits per heavy atom. The van der Waals surface area contributed by atoms with Crippen molar-refractivity contribution in [3.05, 3.63) is 96.0 Å². The number of nitrogens with zero attached hydrogens (tertiary/aromatic N) is 4. The van der Waals surface area contributed by atoms with E-state index < -0.39 is 0 Å². The van der Waals surface area contributed by atoms with E-state index >= 15 is 0 Å². The van der Waals surface area contributed by atoms with Crippen molar-refractivity contribution in [2.24, 2.45) is 0 Å². The van der Waals surface area contributed by atoms with Crippen LogP contribution in [0.4, 0.5) is 5.69 Å². The van der Waals surface area contributed by atoms with Gasteiger partial charge in [0.25, 0.3) is 5.91 Å². The molecule has 2 heterocycles. The number of ether oxygens (including phenoxy) is 1. The molecule has 0 atom stereocenters. The maximum absolute atomic E-state index is 13.3. The molecule has 0 aliphatic rings. The SMILES string of the molecule is COc1cccc(-c2nn(-c3ccccc3)cc2C(=O)Nc2ccc(-c3csnn3)cc2)c1. The monoisotopic (exact) mass is 453 g/mol. The van der Waals surface area contributed by atoms with Crippen molar-refractivity contribution in [3.63, 3.8) is 0 Å². The third-order valence-electron chi connectivity index (χ3n) is 5.12. The molecule has 2 aromatic heterocycles. The molecule has 8 heteroatoms. The first-order valence-electron chi connectivity index (χ1n) is 10.2. The van der Waals surface area contributed by atoms with Crippen molar-refractivity contribution in [2.75, 3.05) is 12.4 Å². The molecule has 0 saturated carbocycles. The highest BCUT2D eigenvalue weighted by Crippen LogP contribution is 2.28. The molecule has 5 aromatic rings. The zero-order valence-electron chi connectivity index (χ0n) is 17.7. The Bertz CT molecular complexity index is 1380. The molecule has 7 nitrogen and oxygen atoms in total. The number of aromatic nitrogens is 4. The largest absolute Gasteiger partial charge is 0.497 e. The Morgan fingerprint density at radius 1 is 0.970 bits per heavy atom. The maximum Gasteiger partial charge on any atom is 0.259 e. The molecule has 0 aliphatic carbocycles. The summed E-state index contributed by atoms with van der Waals surface area (Å²) in [4.78, 5) is 13.3. The van der Waals surface area contributed by atoms with E-state index in [9.17, 15) is 4.79 Å². The molecule has 0 spiro atoms. The number of hydrogen-bond acceptors (Lipinski definition) is 6. The van der Waals surface area contributed by atoms with Crippen LogP contribution in [0.5, 0.6) is 5.75 Å². The van der Waals surface area contributed by atoms with E-state index in [0.29, 0.717) is 22.7 Å². The van der Waals surface area contributed by atoms with Crippen LogP contribution in [0.2, 0.25) is 0 Å². The van der Waals surface area contributed by atoms with Crippen LogP contribution >= 0.6 is 11.5 Å². The lowest BCUT2D eigenvalue weighted by atomic mass is 10.1. The van der Waals surface area contributed by atoms with Crippen LogP contribution in [0.25, 0.3) is 28.2 Å². The van der Waals surface area contributed by atoms with Gasteiger partial charge in [-0.15, -0.1) is 5.10 Å². The lowest BCUT2D eigenvalue weighted by Crippen LogP contribution is -2.12. The van der Waals surface area contributed by atoms with Crippen LogP contribution in [0.15, 0.2) is 90.4 Å². The molecular formula is C25H19N5O2S. The third-order valence-corrected chi connectivity index (χ3v) is 5.63. The van der Waals surface area contributed by atoms with Crippen LogP contribution in [0.1, 0.15) is 10.4 Å². The van der Waals surface area contributed by atoms with E-state index in [-0.39, 0.29) is 5.91 Å². The number of rotatable bonds is 6. The van der Waals surface area contributed by atoms with Gasteiger partial charge in [0, 0.05) is 28.4 Å². The number of methoxy groups -OCH3 is 1. The lowest BCUT2D eigenvalue weighted by Gasteiger charge is -2.07. The second-order valence-corrected chi connectivity index (χ2v) is 7.83. The van der Waals surface area contributed by atoms with Gasteiger partial charge >= 0.3 is 0 Å². The second-order valence-electron chi connectivity index (χ2n) is 7.23. The van der Waals surface area contributed by atoms with E-state index in [0.717, 1.165) is 22.5 Å². The summed E-state index contributed by atoms with van der Waals surface area (Å²) >= 11 is 1.30. The molecule has 0 bridgehead atoms. The van der Waals surface area contributed by atoms with E-state index in [4.69, 9.17) is 9.84 Å². The van der Waals surface area contributed by atoms with Crippen LogP contribution in [0, 0.1) is 0 Å². The minimum Gasteiger partial charge on any atom is -0.497 e. The average molecular weight is 454 g/mol. The topological polar surface area (TPSA) is 81.9 Å². The molecule has 0 saturated heterocycles. The first-order chi connectivity index (χ1) is 16.2. The Hall–Kier alpha value is -4.30. The van der Waals surface area contributed by atoms with E-state index in [2.05, 4.69) is 14.9 Å². The fourth-order valence-electron chi connectivity index (χ4n) is 3.45. The second kappa shape index (κ2) is 9.05. The zero-order valence-corrected chi connectivity index (χ0v) is 18.5. The molecular weight excluding hydrogens is 434 g/mol. The summed E-state index contributed by atoms with van der Waals surface area (Å²) in [5, 5.41) is 13.7. The molecule has 1 amide bonds. The standard InChI is InChI=1S/C25H19N5O2S/c1-32-21-9-5-6-18(14-21)24-22(15-30(28-24)20-7-3-2-4-8-20)25(31)26-19-12-10-17(11-13-19)23-16-33-29-27-23/h2-16H,1H3,(H,26,31). The van der Waals surface area contributed by atoms with Gasteiger partial charge in [0.1, 0.15) is 17.1 Å². The molecule has 0 unspecified atom stereocenters. The summed E-state index contributed by atoms with van der Waals surface area (Å²) < 4.78 is 11.0. The van der Waals surface area contributed by atoms with Crippen LogP contribution in [-0.4, -0.2) is 32.4 Å². The maximum atomic E-state index is 13.3. The normalized spacial score (nSPS) is 10.7. The first-order valence-corrected chi connectivity index (χ1v) is 11.0. The van der Waals surface area contributed by atoms with Gasteiger partial charge in [0.05, 0.1) is 18.4 Å². The Balaban J connectivity index is 1.49. The number of nitrogens with one attached hydrogen (secondary N) is 1. The molecule has 5 rings (SSSR count). The summed E-state index contributed by atoms with van der Waals surface area (Å²) in [6.45, 7) is 0. The van der Waals surface area contributed by atoms with Crippen LogP contribution in [-0.2, 0) is 0 Å². The molecule has 3 aromatic carbocycles. The fraction of sp³-hybridized carbons (Fsp3) is 0.0400. The fourth-order valence-corrected chi connectivity index (χ4v) is 3.92. The highest BCUT2D eigenvalue weighted by atomic mass is 32.1. The van der Waals surface area contributed by atoms with E-state index in [1.54, 1.807) is 18.0 Å². The van der Waals surface area contributed by atoms with Gasteiger partial charge in [-0.3, -0.25) is 4.79 Å². The first kappa shape index (κ1) is 20.6. The number of para-hydroxylation sites is 1. The number of hydrogen-bond donors (Lipinski definition) is 1. The van der Waals surface area contributed by atoms with E-state index in [1.165, 1.54) is 11.5 Å². The number of benzene rings is 3. The van der Waals surface area contributed by atoms with Crippen LogP contribution < -0.4 is 10.1 Å². The predicted molar refractivity (Wildman–Crippen MR) is 129 cm³/mol. The summed E-state index contributed by atoms with van der Waals surface area (Å²) in [5.41, 5.74) is 5.11. The van der Waals surface area contributed by atoms with Gasteiger partial charge < -0.3 is 10.1 Å². The van der Waals surface area contributed by atoms with Crippen molar-refractivity contribution in [2.45, 2.75) is 0 Å². The highest BCUT2D eigenvalue weighted by molar-refractivity contribution is 7.03. The van der Waals surface area contributed by atoms with Crippen molar-refractivity contribution < 1.29 is 9.53 Å². The Kier molecular flexibility index (Phi) is 5.65. The van der Waals surface area contributed by atoms with Gasteiger partial charge in [-0.1, -0.05) is 47.0 Å². The minimum absolute atomic E-state index is 0.252. The zero-order chi connectivity index (χ0) is 22.6. The quantitative estimate of drug-likeness (QED) is 0.376. The number of anilines is 1. The molecule has 1 N–H and O–H groups in total. The summed E-state index contributed by atoms with van der Waals surface area (Å²) in [7, 11) is 1.61. The van der Waals surface area contributed by atoms with E-state index in [1.807, 2.05) is 84.2 Å². The Labute approximate surface area is 194 Å². The van der Waals surface area contributed by atoms with Crippen molar-refractivity contribution >= 4 is 23.1 Å². The third kappa shape index (κ3) is 4.37. The molecule has 0 fully saturated rings. The highest BCUT2D eigenvalue weighted by Gasteiger charge is 2.19. The van der Waals surface area contributed by atoms with Gasteiger partial charge in [-0.05, 0) is 47.9 Å².